The normalized spacial score (nSPS) is 13.1. The number of carbonyl (C=O) groups is 3. The highest BCUT2D eigenvalue weighted by Crippen LogP contribution is 2.44. The van der Waals surface area contributed by atoms with E-state index in [0.29, 0.717) is 0 Å². The molecule has 0 saturated carbocycles. The summed E-state index contributed by atoms with van der Waals surface area (Å²) >= 11 is 0. The maximum Gasteiger partial charge on any atom is 0.407 e. The van der Waals surface area contributed by atoms with E-state index in [2.05, 4.69) is 10.2 Å². The van der Waals surface area contributed by atoms with Gasteiger partial charge >= 0.3 is 12.1 Å². The van der Waals surface area contributed by atoms with E-state index in [1.807, 2.05) is 54.0 Å². The van der Waals surface area contributed by atoms with Gasteiger partial charge in [-0.15, -0.1) is 0 Å². The van der Waals surface area contributed by atoms with Crippen LogP contribution < -0.4 is 10.8 Å². The van der Waals surface area contributed by atoms with Gasteiger partial charge in [0.25, 0.3) is 5.91 Å². The van der Waals surface area contributed by atoms with Crippen molar-refractivity contribution in [1.29, 1.82) is 0 Å². The van der Waals surface area contributed by atoms with Crippen LogP contribution in [0.2, 0.25) is 0 Å². The van der Waals surface area contributed by atoms with E-state index in [4.69, 9.17) is 9.84 Å². The van der Waals surface area contributed by atoms with Crippen LogP contribution in [0.5, 0.6) is 0 Å². The summed E-state index contributed by atoms with van der Waals surface area (Å²) in [6.45, 7) is 1.16. The van der Waals surface area contributed by atoms with Crippen molar-refractivity contribution < 1.29 is 29.1 Å². The first-order chi connectivity index (χ1) is 14.0. The molecule has 0 radical (unpaired) electrons. The lowest BCUT2D eigenvalue weighted by Crippen LogP contribution is -2.47. The van der Waals surface area contributed by atoms with Gasteiger partial charge in [0.15, 0.2) is 6.61 Å². The Labute approximate surface area is 167 Å². The highest BCUT2D eigenvalue weighted by molar-refractivity contribution is 5.85. The van der Waals surface area contributed by atoms with Gasteiger partial charge in [-0.2, -0.15) is 0 Å². The number of alkyl carbamates (subject to hydrolysis) is 1. The third kappa shape index (κ3) is 4.72. The summed E-state index contributed by atoms with van der Waals surface area (Å²) in [5.41, 5.74) is 6.43. The van der Waals surface area contributed by atoms with Crippen LogP contribution in [-0.2, 0) is 19.2 Å². The van der Waals surface area contributed by atoms with Crippen molar-refractivity contribution in [2.45, 2.75) is 25.3 Å². The number of fused-ring (bicyclic) bond motifs is 3. The Morgan fingerprint density at radius 1 is 1.03 bits per heavy atom. The molecule has 0 heterocycles. The molecule has 1 atom stereocenters. The van der Waals surface area contributed by atoms with Gasteiger partial charge in [-0.1, -0.05) is 55.5 Å². The number of rotatable bonds is 8. The lowest BCUT2D eigenvalue weighted by Gasteiger charge is -2.18. The Balaban J connectivity index is 1.59. The van der Waals surface area contributed by atoms with Gasteiger partial charge in [-0.05, 0) is 28.7 Å². The van der Waals surface area contributed by atoms with Gasteiger partial charge in [0.1, 0.15) is 12.6 Å². The minimum Gasteiger partial charge on any atom is -0.479 e. The molecule has 1 aliphatic rings. The average molecular weight is 398 g/mol. The summed E-state index contributed by atoms with van der Waals surface area (Å²) in [6.07, 6.45) is -0.445. The maximum absolute atomic E-state index is 12.2. The van der Waals surface area contributed by atoms with Crippen molar-refractivity contribution in [2.75, 3.05) is 13.2 Å². The first-order valence-electron chi connectivity index (χ1n) is 9.26. The zero-order chi connectivity index (χ0) is 20.8. The number of hydroxylamine groups is 1. The Kier molecular flexibility index (Phi) is 6.46. The molecular formula is C21H22N2O6. The average Bonchev–Trinajstić information content (AvgIpc) is 3.04. The van der Waals surface area contributed by atoms with Gasteiger partial charge < -0.3 is 15.2 Å². The van der Waals surface area contributed by atoms with E-state index >= 15 is 0 Å². The molecule has 152 valence electrons. The van der Waals surface area contributed by atoms with Crippen LogP contribution >= 0.6 is 0 Å². The van der Waals surface area contributed by atoms with Crippen molar-refractivity contribution in [1.82, 2.24) is 10.8 Å². The minimum absolute atomic E-state index is 0.0825. The molecule has 0 fully saturated rings. The Bertz CT molecular complexity index is 868. The number of hydrogen-bond donors (Lipinski definition) is 3. The minimum atomic E-state index is -1.22. The molecule has 2 aromatic rings. The third-order valence-electron chi connectivity index (χ3n) is 4.73. The molecule has 0 spiro atoms. The van der Waals surface area contributed by atoms with E-state index in [-0.39, 0.29) is 18.9 Å². The molecule has 3 N–H and O–H groups in total. The second-order valence-corrected chi connectivity index (χ2v) is 6.58. The maximum atomic E-state index is 12.2. The number of benzene rings is 2. The summed E-state index contributed by atoms with van der Waals surface area (Å²) in [7, 11) is 0. The number of nitrogens with one attached hydrogen (secondary N) is 2. The van der Waals surface area contributed by atoms with Gasteiger partial charge in [-0.25, -0.2) is 15.1 Å². The first-order valence-corrected chi connectivity index (χ1v) is 9.26. The van der Waals surface area contributed by atoms with Crippen LogP contribution in [0.4, 0.5) is 4.79 Å². The number of ether oxygens (including phenoxy) is 1. The number of carbonyl (C=O) groups excluding carboxylic acids is 2. The van der Waals surface area contributed by atoms with Crippen molar-refractivity contribution >= 4 is 18.0 Å². The van der Waals surface area contributed by atoms with E-state index in [1.165, 1.54) is 0 Å². The fourth-order valence-electron chi connectivity index (χ4n) is 3.38. The monoisotopic (exact) mass is 398 g/mol. The molecule has 8 heteroatoms. The van der Waals surface area contributed by atoms with Crippen molar-refractivity contribution in [2.24, 2.45) is 0 Å². The van der Waals surface area contributed by atoms with Crippen LogP contribution in [-0.4, -0.2) is 42.3 Å². The Hall–Kier alpha value is -3.39. The van der Waals surface area contributed by atoms with Gasteiger partial charge in [0, 0.05) is 5.92 Å². The van der Waals surface area contributed by atoms with Crippen LogP contribution in [0, 0.1) is 0 Å². The summed E-state index contributed by atoms with van der Waals surface area (Å²) in [5, 5.41) is 11.0. The Morgan fingerprint density at radius 3 is 2.17 bits per heavy atom. The van der Waals surface area contributed by atoms with E-state index in [9.17, 15) is 14.4 Å². The standard InChI is InChI=1S/C21H22N2O6/c1-2-18(20(26)23-29-12-19(24)25)22-21(27)28-11-17-15-9-5-3-7-13(15)14-8-4-6-10-16(14)17/h3-10,17-18H,2,11-12H2,1H3,(H,22,27)(H,23,26)(H,24,25)/t18-/m0/s1. The predicted molar refractivity (Wildman–Crippen MR) is 104 cm³/mol. The molecule has 0 unspecified atom stereocenters. The number of carboxylic acid groups (broad SMARTS) is 1. The first kappa shape index (κ1) is 20.3. The van der Waals surface area contributed by atoms with Crippen LogP contribution in [0.1, 0.15) is 30.4 Å². The smallest absolute Gasteiger partial charge is 0.407 e. The predicted octanol–water partition coefficient (Wildman–Crippen LogP) is 2.44. The molecule has 0 aliphatic heterocycles. The quantitative estimate of drug-likeness (QED) is 0.589. The topological polar surface area (TPSA) is 114 Å². The van der Waals surface area contributed by atoms with E-state index in [0.717, 1.165) is 22.3 Å². The van der Waals surface area contributed by atoms with E-state index in [1.54, 1.807) is 6.92 Å². The third-order valence-corrected chi connectivity index (χ3v) is 4.73. The van der Waals surface area contributed by atoms with Gasteiger partial charge in [-0.3, -0.25) is 9.63 Å². The van der Waals surface area contributed by atoms with Crippen molar-refractivity contribution in [3.63, 3.8) is 0 Å². The SMILES string of the molecule is CC[C@H](NC(=O)OCC1c2ccccc2-c2ccccc21)C(=O)NOCC(=O)O. The molecule has 0 aromatic heterocycles. The number of amides is 2. The largest absolute Gasteiger partial charge is 0.479 e. The second kappa shape index (κ2) is 9.20. The highest BCUT2D eigenvalue weighted by Gasteiger charge is 2.29. The number of aliphatic carboxylic acids is 1. The molecule has 1 aliphatic carbocycles. The zero-order valence-electron chi connectivity index (χ0n) is 15.9. The fraction of sp³-hybridized carbons (Fsp3) is 0.286. The van der Waals surface area contributed by atoms with Gasteiger partial charge in [0.2, 0.25) is 0 Å². The summed E-state index contributed by atoms with van der Waals surface area (Å²) in [6, 6.07) is 15.1. The summed E-state index contributed by atoms with van der Waals surface area (Å²) < 4.78 is 5.40. The molecule has 2 aromatic carbocycles. The molecule has 2 amide bonds. The summed E-state index contributed by atoms with van der Waals surface area (Å²) in [4.78, 5) is 39.2. The molecule has 0 saturated heterocycles. The van der Waals surface area contributed by atoms with E-state index < -0.39 is 30.6 Å². The highest BCUT2D eigenvalue weighted by atomic mass is 16.7. The van der Waals surface area contributed by atoms with Crippen LogP contribution in [0.3, 0.4) is 0 Å². The lowest BCUT2D eigenvalue weighted by atomic mass is 9.98. The van der Waals surface area contributed by atoms with Crippen molar-refractivity contribution in [3.05, 3.63) is 59.7 Å². The lowest BCUT2D eigenvalue weighted by molar-refractivity contribution is -0.150. The molecule has 3 rings (SSSR count). The van der Waals surface area contributed by atoms with Crippen LogP contribution in [0.25, 0.3) is 11.1 Å². The molecule has 8 nitrogen and oxygen atoms in total. The molecular weight excluding hydrogens is 376 g/mol. The zero-order valence-corrected chi connectivity index (χ0v) is 15.9. The second-order valence-electron chi connectivity index (χ2n) is 6.58. The Morgan fingerprint density at radius 2 is 1.62 bits per heavy atom. The summed E-state index contributed by atoms with van der Waals surface area (Å²) in [5.74, 6) is -1.95. The van der Waals surface area contributed by atoms with Crippen molar-refractivity contribution in [3.8, 4) is 11.1 Å². The molecule has 0 bridgehead atoms. The van der Waals surface area contributed by atoms with Crippen LogP contribution in [0.15, 0.2) is 48.5 Å². The number of hydrogen-bond acceptors (Lipinski definition) is 5. The van der Waals surface area contributed by atoms with Gasteiger partial charge in [0.05, 0.1) is 0 Å². The molecule has 29 heavy (non-hydrogen) atoms. The number of carboxylic acids is 1. The fourth-order valence-corrected chi connectivity index (χ4v) is 3.38.